The molecular formula is C11H14N4OS. The Balaban J connectivity index is 2.17. The third-order valence-electron chi connectivity index (χ3n) is 2.17. The Morgan fingerprint density at radius 2 is 2.24 bits per heavy atom. The number of anilines is 1. The van der Waals surface area contributed by atoms with Gasteiger partial charge in [-0.25, -0.2) is 15.0 Å². The second-order valence-corrected chi connectivity index (χ2v) is 4.42. The highest BCUT2D eigenvalue weighted by Crippen LogP contribution is 2.29. The highest BCUT2D eigenvalue weighted by Gasteiger charge is 2.10. The normalized spacial score (nSPS) is 10.5. The monoisotopic (exact) mass is 250 g/mol. The molecule has 0 bridgehead atoms. The molecule has 90 valence electrons. The molecule has 2 aromatic rings. The first kappa shape index (κ1) is 11.9. The summed E-state index contributed by atoms with van der Waals surface area (Å²) in [7, 11) is 0. The summed E-state index contributed by atoms with van der Waals surface area (Å²) >= 11 is 1.40. The summed E-state index contributed by atoms with van der Waals surface area (Å²) in [6, 6.07) is 0. The molecule has 0 saturated heterocycles. The van der Waals surface area contributed by atoms with Gasteiger partial charge < -0.3 is 9.73 Å². The molecule has 0 atom stereocenters. The average Bonchev–Trinajstić information content (AvgIpc) is 2.83. The minimum atomic E-state index is 0.591. The van der Waals surface area contributed by atoms with Crippen molar-refractivity contribution in [2.45, 2.75) is 30.5 Å². The van der Waals surface area contributed by atoms with E-state index in [-0.39, 0.29) is 0 Å². The molecule has 2 rings (SSSR count). The zero-order valence-corrected chi connectivity index (χ0v) is 10.6. The van der Waals surface area contributed by atoms with Crippen molar-refractivity contribution in [1.82, 2.24) is 15.0 Å². The van der Waals surface area contributed by atoms with E-state index in [0.29, 0.717) is 5.22 Å². The van der Waals surface area contributed by atoms with Crippen molar-refractivity contribution in [3.63, 3.8) is 0 Å². The van der Waals surface area contributed by atoms with Crippen LogP contribution in [-0.2, 0) is 0 Å². The standard InChI is InChI=1S/C11H14N4OS/c1-3-4-12-9-8(2)10(15-7-14-9)17-11-13-5-6-16-11/h5-7H,3-4H2,1-2H3,(H,12,14,15). The van der Waals surface area contributed by atoms with Crippen molar-refractivity contribution >= 4 is 17.6 Å². The van der Waals surface area contributed by atoms with E-state index in [1.165, 1.54) is 11.8 Å². The van der Waals surface area contributed by atoms with Crippen LogP contribution in [0.2, 0.25) is 0 Å². The van der Waals surface area contributed by atoms with E-state index in [1.54, 1.807) is 18.8 Å². The first-order valence-corrected chi connectivity index (χ1v) is 6.25. The average molecular weight is 250 g/mol. The number of nitrogens with zero attached hydrogens (tertiary/aromatic N) is 3. The molecule has 0 aliphatic heterocycles. The van der Waals surface area contributed by atoms with Crippen LogP contribution in [0.4, 0.5) is 5.82 Å². The zero-order chi connectivity index (χ0) is 12.1. The summed E-state index contributed by atoms with van der Waals surface area (Å²) in [6.45, 7) is 5.01. The third-order valence-corrected chi connectivity index (χ3v) is 3.16. The van der Waals surface area contributed by atoms with Gasteiger partial charge in [0.05, 0.1) is 6.20 Å². The van der Waals surface area contributed by atoms with Crippen LogP contribution in [-0.4, -0.2) is 21.5 Å². The van der Waals surface area contributed by atoms with Crippen LogP contribution in [0, 0.1) is 6.92 Å². The van der Waals surface area contributed by atoms with Gasteiger partial charge in [-0.05, 0) is 25.1 Å². The molecule has 17 heavy (non-hydrogen) atoms. The van der Waals surface area contributed by atoms with Gasteiger partial charge in [0.15, 0.2) is 0 Å². The van der Waals surface area contributed by atoms with Gasteiger partial charge >= 0.3 is 0 Å². The van der Waals surface area contributed by atoms with E-state index >= 15 is 0 Å². The lowest BCUT2D eigenvalue weighted by Gasteiger charge is -2.08. The molecule has 0 unspecified atom stereocenters. The summed E-state index contributed by atoms with van der Waals surface area (Å²) < 4.78 is 5.18. The Kier molecular flexibility index (Phi) is 3.98. The Labute approximate surface area is 104 Å². The van der Waals surface area contributed by atoms with Crippen molar-refractivity contribution in [2.75, 3.05) is 11.9 Å². The molecule has 6 heteroatoms. The van der Waals surface area contributed by atoms with Crippen molar-refractivity contribution in [3.8, 4) is 0 Å². The van der Waals surface area contributed by atoms with E-state index in [2.05, 4.69) is 27.2 Å². The fourth-order valence-corrected chi connectivity index (χ4v) is 2.03. The number of nitrogens with one attached hydrogen (secondary N) is 1. The van der Waals surface area contributed by atoms with Crippen LogP contribution in [0.15, 0.2) is 33.5 Å². The van der Waals surface area contributed by atoms with Crippen LogP contribution >= 0.6 is 11.8 Å². The Hall–Kier alpha value is -1.56. The lowest BCUT2D eigenvalue weighted by Crippen LogP contribution is -2.05. The lowest BCUT2D eigenvalue weighted by atomic mass is 10.3. The van der Waals surface area contributed by atoms with Crippen molar-refractivity contribution in [1.29, 1.82) is 0 Å². The van der Waals surface area contributed by atoms with Crippen LogP contribution in [0.1, 0.15) is 18.9 Å². The van der Waals surface area contributed by atoms with Crippen molar-refractivity contribution < 1.29 is 4.42 Å². The van der Waals surface area contributed by atoms with Gasteiger partial charge in [0.25, 0.3) is 5.22 Å². The third kappa shape index (κ3) is 2.97. The first-order chi connectivity index (χ1) is 8.31. The zero-order valence-electron chi connectivity index (χ0n) is 9.80. The second kappa shape index (κ2) is 5.67. The number of hydrogen-bond donors (Lipinski definition) is 1. The summed E-state index contributed by atoms with van der Waals surface area (Å²) in [6.07, 6.45) is 5.78. The van der Waals surface area contributed by atoms with Gasteiger partial charge in [0, 0.05) is 12.1 Å². The number of oxazole rings is 1. The Bertz CT molecular complexity index is 472. The molecule has 1 N–H and O–H groups in total. The maximum atomic E-state index is 5.18. The molecule has 0 aliphatic carbocycles. The van der Waals surface area contributed by atoms with E-state index in [1.807, 2.05) is 6.92 Å². The number of rotatable bonds is 5. The molecule has 0 aromatic carbocycles. The van der Waals surface area contributed by atoms with Crippen molar-refractivity contribution in [3.05, 3.63) is 24.4 Å². The topological polar surface area (TPSA) is 63.8 Å². The minimum Gasteiger partial charge on any atom is -0.440 e. The molecule has 0 radical (unpaired) electrons. The van der Waals surface area contributed by atoms with Gasteiger partial charge in [-0.15, -0.1) is 0 Å². The molecule has 0 saturated carbocycles. The fraction of sp³-hybridized carbons (Fsp3) is 0.364. The van der Waals surface area contributed by atoms with E-state index < -0.39 is 0 Å². The number of aromatic nitrogens is 3. The van der Waals surface area contributed by atoms with Crippen LogP contribution < -0.4 is 5.32 Å². The van der Waals surface area contributed by atoms with Crippen LogP contribution in [0.3, 0.4) is 0 Å². The summed E-state index contributed by atoms with van der Waals surface area (Å²) in [5, 5.41) is 4.72. The van der Waals surface area contributed by atoms with Crippen molar-refractivity contribution in [2.24, 2.45) is 0 Å². The molecule has 0 aliphatic rings. The lowest BCUT2D eigenvalue weighted by molar-refractivity contribution is 0.454. The first-order valence-electron chi connectivity index (χ1n) is 5.44. The maximum Gasteiger partial charge on any atom is 0.261 e. The van der Waals surface area contributed by atoms with Gasteiger partial charge in [0.1, 0.15) is 23.4 Å². The fourth-order valence-electron chi connectivity index (χ4n) is 1.30. The van der Waals surface area contributed by atoms with Crippen LogP contribution in [0.25, 0.3) is 0 Å². The maximum absolute atomic E-state index is 5.18. The molecular weight excluding hydrogens is 236 g/mol. The molecule has 0 spiro atoms. The summed E-state index contributed by atoms with van der Waals surface area (Å²) in [4.78, 5) is 12.5. The SMILES string of the molecule is CCCNc1ncnc(Sc2ncco2)c1C. The molecule has 0 fully saturated rings. The Morgan fingerprint density at radius 1 is 1.35 bits per heavy atom. The second-order valence-electron chi connectivity index (χ2n) is 3.48. The highest BCUT2D eigenvalue weighted by atomic mass is 32.2. The van der Waals surface area contributed by atoms with E-state index in [0.717, 1.165) is 29.4 Å². The predicted molar refractivity (Wildman–Crippen MR) is 66.2 cm³/mol. The molecule has 5 nitrogen and oxygen atoms in total. The van der Waals surface area contributed by atoms with Gasteiger partial charge in [-0.2, -0.15) is 0 Å². The predicted octanol–water partition coefficient (Wildman–Crippen LogP) is 2.75. The van der Waals surface area contributed by atoms with Crippen LogP contribution in [0.5, 0.6) is 0 Å². The van der Waals surface area contributed by atoms with Gasteiger partial charge in [-0.3, -0.25) is 0 Å². The highest BCUT2D eigenvalue weighted by molar-refractivity contribution is 7.99. The Morgan fingerprint density at radius 3 is 2.94 bits per heavy atom. The van der Waals surface area contributed by atoms with Gasteiger partial charge in [0.2, 0.25) is 0 Å². The summed E-state index contributed by atoms with van der Waals surface area (Å²) in [5.41, 5.74) is 1.02. The largest absolute Gasteiger partial charge is 0.440 e. The smallest absolute Gasteiger partial charge is 0.261 e. The quantitative estimate of drug-likeness (QED) is 0.823. The van der Waals surface area contributed by atoms with E-state index in [4.69, 9.17) is 4.42 Å². The molecule has 2 heterocycles. The number of hydrogen-bond acceptors (Lipinski definition) is 6. The van der Waals surface area contributed by atoms with Gasteiger partial charge in [-0.1, -0.05) is 6.92 Å². The molecule has 0 amide bonds. The van der Waals surface area contributed by atoms with E-state index in [9.17, 15) is 0 Å². The molecule has 2 aromatic heterocycles. The summed E-state index contributed by atoms with van der Waals surface area (Å²) in [5.74, 6) is 0.871. The minimum absolute atomic E-state index is 0.591.